The van der Waals surface area contributed by atoms with Gasteiger partial charge < -0.3 is 5.32 Å². The van der Waals surface area contributed by atoms with E-state index in [1.807, 2.05) is 0 Å². The molecule has 0 radical (unpaired) electrons. The highest BCUT2D eigenvalue weighted by Crippen LogP contribution is 2.36. The number of amides is 1. The van der Waals surface area contributed by atoms with Gasteiger partial charge in [-0.1, -0.05) is 18.2 Å². The first-order valence-corrected chi connectivity index (χ1v) is 8.27. The number of pyridine rings is 1. The molecule has 3 heterocycles. The number of rotatable bonds is 3. The minimum Gasteiger partial charge on any atom is -0.306 e. The number of fused-ring (bicyclic) bond motifs is 1. The fourth-order valence-corrected chi connectivity index (χ4v) is 2.77. The van der Waals surface area contributed by atoms with Gasteiger partial charge in [-0.05, 0) is 24.3 Å². The minimum absolute atomic E-state index is 0.0301. The maximum Gasteiger partial charge on any atom is 0.417 e. The number of hydrogen-bond donors (Lipinski definition) is 1. The molecule has 10 heteroatoms. The van der Waals surface area contributed by atoms with Crippen molar-refractivity contribution in [1.82, 2.24) is 19.6 Å². The van der Waals surface area contributed by atoms with Crippen molar-refractivity contribution in [3.8, 4) is 11.3 Å². The van der Waals surface area contributed by atoms with E-state index in [1.54, 1.807) is 0 Å². The molecule has 0 saturated heterocycles. The molecule has 0 spiro atoms. The molecule has 0 saturated carbocycles. The SMILES string of the molecule is O=C(Nc1ccc(F)cn1)c1cnn2ccc(-c3ccccc3C(F)(F)F)nc12. The van der Waals surface area contributed by atoms with E-state index in [9.17, 15) is 22.4 Å². The van der Waals surface area contributed by atoms with E-state index in [0.717, 1.165) is 18.3 Å². The molecule has 6 nitrogen and oxygen atoms in total. The summed E-state index contributed by atoms with van der Waals surface area (Å²) >= 11 is 0. The highest BCUT2D eigenvalue weighted by Gasteiger charge is 2.33. The molecular weight excluding hydrogens is 390 g/mol. The summed E-state index contributed by atoms with van der Waals surface area (Å²) in [6.45, 7) is 0. The van der Waals surface area contributed by atoms with Gasteiger partial charge in [0.05, 0.1) is 23.7 Å². The fourth-order valence-electron chi connectivity index (χ4n) is 2.77. The topological polar surface area (TPSA) is 72.2 Å². The van der Waals surface area contributed by atoms with Crippen molar-refractivity contribution in [1.29, 1.82) is 0 Å². The Kier molecular flexibility index (Phi) is 4.45. The van der Waals surface area contributed by atoms with Gasteiger partial charge in [-0.25, -0.2) is 18.9 Å². The van der Waals surface area contributed by atoms with Crippen LogP contribution in [0.4, 0.5) is 23.4 Å². The predicted molar refractivity (Wildman–Crippen MR) is 95.6 cm³/mol. The number of nitrogens with one attached hydrogen (secondary N) is 1. The lowest BCUT2D eigenvalue weighted by Gasteiger charge is -2.12. The average molecular weight is 401 g/mol. The van der Waals surface area contributed by atoms with Crippen molar-refractivity contribution in [3.63, 3.8) is 0 Å². The monoisotopic (exact) mass is 401 g/mol. The first kappa shape index (κ1) is 18.5. The number of carbonyl (C=O) groups is 1. The van der Waals surface area contributed by atoms with Gasteiger partial charge in [0.1, 0.15) is 17.2 Å². The van der Waals surface area contributed by atoms with E-state index in [0.29, 0.717) is 0 Å². The van der Waals surface area contributed by atoms with E-state index in [-0.39, 0.29) is 28.3 Å². The molecule has 0 aliphatic carbocycles. The second-order valence-corrected chi connectivity index (χ2v) is 6.00. The number of halogens is 4. The van der Waals surface area contributed by atoms with Crippen LogP contribution < -0.4 is 5.32 Å². The fraction of sp³-hybridized carbons (Fsp3) is 0.0526. The summed E-state index contributed by atoms with van der Waals surface area (Å²) in [5.41, 5.74) is -0.811. The standard InChI is InChI=1S/C19H11F4N5O/c20-11-5-6-16(24-9-11)27-18(29)13-10-25-28-8-7-15(26-17(13)28)12-3-1-2-4-14(12)19(21,22)23/h1-10H,(H,24,27,29). The van der Waals surface area contributed by atoms with Crippen LogP contribution in [0.5, 0.6) is 0 Å². The quantitative estimate of drug-likeness (QED) is 0.523. The Balaban J connectivity index is 1.74. The van der Waals surface area contributed by atoms with Gasteiger partial charge in [0.25, 0.3) is 5.91 Å². The van der Waals surface area contributed by atoms with Crippen molar-refractivity contribution in [2.45, 2.75) is 6.18 Å². The van der Waals surface area contributed by atoms with Gasteiger partial charge in [-0.3, -0.25) is 4.79 Å². The molecule has 0 aliphatic heterocycles. The molecule has 4 aromatic rings. The lowest BCUT2D eigenvalue weighted by molar-refractivity contribution is -0.137. The van der Waals surface area contributed by atoms with Crippen LogP contribution in [0.3, 0.4) is 0 Å². The maximum absolute atomic E-state index is 13.3. The molecule has 0 unspecified atom stereocenters. The Bertz CT molecular complexity index is 1200. The van der Waals surface area contributed by atoms with Gasteiger partial charge in [-0.2, -0.15) is 18.3 Å². The van der Waals surface area contributed by atoms with Gasteiger partial charge in [-0.15, -0.1) is 0 Å². The zero-order valence-electron chi connectivity index (χ0n) is 14.5. The Labute approximate surface area is 160 Å². The van der Waals surface area contributed by atoms with Crippen LogP contribution >= 0.6 is 0 Å². The van der Waals surface area contributed by atoms with Crippen LogP contribution in [0, 0.1) is 5.82 Å². The third-order valence-corrected chi connectivity index (χ3v) is 4.09. The van der Waals surface area contributed by atoms with Crippen molar-refractivity contribution in [3.05, 3.63) is 78.0 Å². The number of hydrogen-bond acceptors (Lipinski definition) is 4. The van der Waals surface area contributed by atoms with Crippen LogP contribution in [0.15, 0.2) is 61.1 Å². The van der Waals surface area contributed by atoms with Gasteiger partial charge in [0.15, 0.2) is 5.65 Å². The molecule has 0 aliphatic rings. The highest BCUT2D eigenvalue weighted by atomic mass is 19.4. The lowest BCUT2D eigenvalue weighted by Crippen LogP contribution is -2.13. The number of nitrogens with zero attached hydrogens (tertiary/aromatic N) is 4. The third-order valence-electron chi connectivity index (χ3n) is 4.09. The molecule has 4 rings (SSSR count). The van der Waals surface area contributed by atoms with Crippen molar-refractivity contribution >= 4 is 17.4 Å². The summed E-state index contributed by atoms with van der Waals surface area (Å²) in [5.74, 6) is -1.09. The summed E-state index contributed by atoms with van der Waals surface area (Å²) in [5, 5.41) is 6.46. The Morgan fingerprint density at radius 2 is 1.83 bits per heavy atom. The van der Waals surface area contributed by atoms with Crippen LogP contribution in [0.2, 0.25) is 0 Å². The zero-order chi connectivity index (χ0) is 20.6. The lowest BCUT2D eigenvalue weighted by atomic mass is 10.0. The normalized spacial score (nSPS) is 11.6. The Morgan fingerprint density at radius 1 is 1.03 bits per heavy atom. The van der Waals surface area contributed by atoms with Gasteiger partial charge >= 0.3 is 6.18 Å². The van der Waals surface area contributed by atoms with Crippen LogP contribution in [0.1, 0.15) is 15.9 Å². The van der Waals surface area contributed by atoms with E-state index in [4.69, 9.17) is 0 Å². The Morgan fingerprint density at radius 3 is 2.55 bits per heavy atom. The van der Waals surface area contributed by atoms with Crippen molar-refractivity contribution in [2.24, 2.45) is 0 Å². The number of alkyl halides is 3. The number of anilines is 1. The van der Waals surface area contributed by atoms with E-state index >= 15 is 0 Å². The number of aromatic nitrogens is 4. The smallest absolute Gasteiger partial charge is 0.306 e. The summed E-state index contributed by atoms with van der Waals surface area (Å²) in [6, 6.07) is 8.82. The summed E-state index contributed by atoms with van der Waals surface area (Å²) in [4.78, 5) is 20.5. The maximum atomic E-state index is 13.3. The van der Waals surface area contributed by atoms with Gasteiger partial charge in [0.2, 0.25) is 0 Å². The molecule has 29 heavy (non-hydrogen) atoms. The molecule has 3 aromatic heterocycles. The van der Waals surface area contributed by atoms with E-state index in [2.05, 4.69) is 20.4 Å². The van der Waals surface area contributed by atoms with Gasteiger partial charge in [0, 0.05) is 11.8 Å². The zero-order valence-corrected chi connectivity index (χ0v) is 14.5. The molecule has 1 aromatic carbocycles. The molecule has 0 fully saturated rings. The average Bonchev–Trinajstić information content (AvgIpc) is 3.12. The van der Waals surface area contributed by atoms with Crippen LogP contribution in [-0.4, -0.2) is 25.5 Å². The summed E-state index contributed by atoms with van der Waals surface area (Å²) < 4.78 is 54.2. The van der Waals surface area contributed by atoms with Crippen LogP contribution in [0.25, 0.3) is 16.9 Å². The number of benzene rings is 1. The molecule has 1 amide bonds. The van der Waals surface area contributed by atoms with E-state index in [1.165, 1.54) is 47.2 Å². The first-order chi connectivity index (χ1) is 13.8. The third kappa shape index (κ3) is 3.64. The summed E-state index contributed by atoms with van der Waals surface area (Å²) in [7, 11) is 0. The molecule has 0 bridgehead atoms. The second-order valence-electron chi connectivity index (χ2n) is 6.00. The molecule has 1 N–H and O–H groups in total. The van der Waals surface area contributed by atoms with Crippen molar-refractivity contribution < 1.29 is 22.4 Å². The van der Waals surface area contributed by atoms with E-state index < -0.39 is 23.5 Å². The van der Waals surface area contributed by atoms with Crippen molar-refractivity contribution in [2.75, 3.05) is 5.32 Å². The minimum atomic E-state index is -4.56. The predicted octanol–water partition coefficient (Wildman–Crippen LogP) is 4.20. The Hall–Kier alpha value is -3.82. The van der Waals surface area contributed by atoms with Crippen LogP contribution in [-0.2, 0) is 6.18 Å². The molecule has 0 atom stereocenters. The second kappa shape index (κ2) is 6.97. The number of carbonyl (C=O) groups excluding carboxylic acids is 1. The largest absolute Gasteiger partial charge is 0.417 e. The first-order valence-electron chi connectivity index (χ1n) is 8.27. The summed E-state index contributed by atoms with van der Waals surface area (Å²) in [6.07, 6.45) is -0.965. The highest BCUT2D eigenvalue weighted by molar-refractivity contribution is 6.07. The molecular formula is C19H11F4N5O. The molecule has 146 valence electrons.